The molecule has 8 heteroatoms. The van der Waals surface area contributed by atoms with Gasteiger partial charge in [0.1, 0.15) is 0 Å². The number of aliphatic hydroxyl groups excluding tert-OH is 2. The van der Waals surface area contributed by atoms with Gasteiger partial charge >= 0.3 is 0 Å². The van der Waals surface area contributed by atoms with E-state index in [1.165, 1.54) is 6.33 Å². The molecule has 1 fully saturated rings. The van der Waals surface area contributed by atoms with E-state index in [9.17, 15) is 15.0 Å². The largest absolute Gasteiger partial charge is 0.390 e. The molecule has 8 nitrogen and oxygen atoms in total. The molecule has 3 atom stereocenters. The Morgan fingerprint density at radius 2 is 2.11 bits per heavy atom. The lowest BCUT2D eigenvalue weighted by atomic mass is 10.1. The van der Waals surface area contributed by atoms with Crippen LogP contribution in [0.25, 0.3) is 11.2 Å². The lowest BCUT2D eigenvalue weighted by Crippen LogP contribution is -2.17. The van der Waals surface area contributed by atoms with Crippen LogP contribution in [0.4, 0.5) is 5.95 Å². The van der Waals surface area contributed by atoms with Crippen LogP contribution in [0.15, 0.2) is 11.1 Å². The first kappa shape index (κ1) is 12.1. The number of fused-ring (bicyclic) bond motifs is 1. The van der Waals surface area contributed by atoms with Crippen molar-refractivity contribution >= 4 is 17.1 Å². The van der Waals surface area contributed by atoms with Crippen LogP contribution in [0.3, 0.4) is 0 Å². The van der Waals surface area contributed by atoms with E-state index in [2.05, 4.69) is 15.0 Å². The van der Waals surface area contributed by atoms with Gasteiger partial charge in [-0.1, -0.05) is 0 Å². The molecule has 1 aliphatic rings. The number of aromatic amines is 1. The first-order valence-electron chi connectivity index (χ1n) is 6.11. The summed E-state index contributed by atoms with van der Waals surface area (Å²) in [4.78, 5) is 22.1. The molecule has 1 unspecified atom stereocenters. The lowest BCUT2D eigenvalue weighted by Gasteiger charge is -2.10. The Morgan fingerprint density at radius 1 is 1.42 bits per heavy atom. The summed E-state index contributed by atoms with van der Waals surface area (Å²) >= 11 is 0. The molecule has 0 aromatic carbocycles. The van der Waals surface area contributed by atoms with Crippen molar-refractivity contribution in [3.63, 3.8) is 0 Å². The van der Waals surface area contributed by atoms with Gasteiger partial charge in [0.2, 0.25) is 5.95 Å². The molecule has 19 heavy (non-hydrogen) atoms. The molecule has 0 aliphatic heterocycles. The van der Waals surface area contributed by atoms with Crippen LogP contribution < -0.4 is 11.3 Å². The van der Waals surface area contributed by atoms with Crippen molar-refractivity contribution in [3.8, 4) is 0 Å². The number of H-pyrrole nitrogens is 1. The second kappa shape index (κ2) is 4.32. The smallest absolute Gasteiger partial charge is 0.280 e. The maximum atomic E-state index is 11.6. The Morgan fingerprint density at radius 3 is 2.79 bits per heavy atom. The number of anilines is 1. The minimum atomic E-state index is -0.679. The van der Waals surface area contributed by atoms with E-state index in [1.54, 1.807) is 4.57 Å². The van der Waals surface area contributed by atoms with Gasteiger partial charge in [0.15, 0.2) is 11.2 Å². The van der Waals surface area contributed by atoms with Crippen molar-refractivity contribution in [2.45, 2.75) is 31.6 Å². The molecule has 0 bridgehead atoms. The fourth-order valence-electron chi connectivity index (χ4n) is 2.63. The minimum absolute atomic E-state index is 0.0470. The second-order valence-electron chi connectivity index (χ2n) is 4.99. The van der Waals surface area contributed by atoms with E-state index >= 15 is 0 Å². The van der Waals surface area contributed by atoms with Crippen LogP contribution >= 0.6 is 0 Å². The zero-order valence-electron chi connectivity index (χ0n) is 10.2. The number of imidazole rings is 1. The molecular formula is C11H15N5O3. The third-order valence-corrected chi connectivity index (χ3v) is 3.54. The molecule has 0 radical (unpaired) electrons. The summed E-state index contributed by atoms with van der Waals surface area (Å²) in [7, 11) is 0. The normalized spacial score (nSPS) is 27.2. The first-order chi connectivity index (χ1) is 9.04. The van der Waals surface area contributed by atoms with Crippen LogP contribution in [0.5, 0.6) is 0 Å². The summed E-state index contributed by atoms with van der Waals surface area (Å²) in [6, 6.07) is 0. The average Bonchev–Trinajstić information content (AvgIpc) is 2.85. The van der Waals surface area contributed by atoms with Gasteiger partial charge in [0, 0.05) is 6.54 Å². The molecular weight excluding hydrogens is 250 g/mol. The van der Waals surface area contributed by atoms with Crippen LogP contribution in [0.1, 0.15) is 12.8 Å². The van der Waals surface area contributed by atoms with E-state index < -0.39 is 12.2 Å². The Bertz CT molecular complexity index is 654. The van der Waals surface area contributed by atoms with Crippen molar-refractivity contribution in [3.05, 3.63) is 16.7 Å². The van der Waals surface area contributed by atoms with Crippen LogP contribution in [-0.2, 0) is 6.54 Å². The van der Waals surface area contributed by atoms with E-state index in [0.717, 1.165) is 0 Å². The van der Waals surface area contributed by atoms with Gasteiger partial charge in [-0.3, -0.25) is 9.78 Å². The van der Waals surface area contributed by atoms with Gasteiger partial charge in [0.25, 0.3) is 5.56 Å². The summed E-state index contributed by atoms with van der Waals surface area (Å²) < 4.78 is 1.73. The molecule has 0 spiro atoms. The highest BCUT2D eigenvalue weighted by Crippen LogP contribution is 2.28. The fourth-order valence-corrected chi connectivity index (χ4v) is 2.63. The molecule has 0 saturated heterocycles. The third kappa shape index (κ3) is 2.08. The van der Waals surface area contributed by atoms with E-state index in [-0.39, 0.29) is 22.9 Å². The molecule has 5 N–H and O–H groups in total. The van der Waals surface area contributed by atoms with Gasteiger partial charge in [0.05, 0.1) is 18.5 Å². The quantitative estimate of drug-likeness (QED) is 0.541. The maximum Gasteiger partial charge on any atom is 0.280 e. The number of nitrogens with zero attached hydrogens (tertiary/aromatic N) is 3. The average molecular weight is 265 g/mol. The van der Waals surface area contributed by atoms with Gasteiger partial charge in [-0.05, 0) is 18.8 Å². The number of nitrogens with one attached hydrogen (secondary N) is 1. The topological polar surface area (TPSA) is 130 Å². The Kier molecular flexibility index (Phi) is 2.76. The highest BCUT2D eigenvalue weighted by Gasteiger charge is 2.31. The summed E-state index contributed by atoms with van der Waals surface area (Å²) in [6.45, 7) is 0.542. The fraction of sp³-hybridized carbons (Fsp3) is 0.545. The number of rotatable bonds is 2. The Balaban J connectivity index is 1.92. The number of nitrogens with two attached hydrogens (primary N) is 1. The molecule has 102 valence electrons. The SMILES string of the molecule is Nc1nc2c(ncn2CC2C[C@@H](O)[C@@H](O)C2)c(=O)[nH]1. The van der Waals surface area contributed by atoms with E-state index in [0.29, 0.717) is 25.0 Å². The predicted molar refractivity (Wildman–Crippen MR) is 67.3 cm³/mol. The van der Waals surface area contributed by atoms with E-state index in [1.807, 2.05) is 0 Å². The third-order valence-electron chi connectivity index (χ3n) is 3.54. The number of hydrogen-bond acceptors (Lipinski definition) is 6. The van der Waals surface area contributed by atoms with Gasteiger partial charge in [-0.25, -0.2) is 4.98 Å². The molecule has 0 amide bonds. The van der Waals surface area contributed by atoms with Gasteiger partial charge < -0.3 is 20.5 Å². The van der Waals surface area contributed by atoms with Crippen molar-refractivity contribution < 1.29 is 10.2 Å². The van der Waals surface area contributed by atoms with Crippen molar-refractivity contribution in [2.24, 2.45) is 5.92 Å². The molecule has 3 rings (SSSR count). The number of aromatic nitrogens is 4. The lowest BCUT2D eigenvalue weighted by molar-refractivity contribution is 0.0438. The first-order valence-corrected chi connectivity index (χ1v) is 6.11. The molecule has 1 aliphatic carbocycles. The summed E-state index contributed by atoms with van der Waals surface area (Å²) in [5, 5.41) is 19.1. The predicted octanol–water partition coefficient (Wildman–Crippen LogP) is -1.17. The number of nitrogen functional groups attached to an aromatic ring is 1. The van der Waals surface area contributed by atoms with Crippen LogP contribution in [0.2, 0.25) is 0 Å². The summed E-state index contributed by atoms with van der Waals surface area (Å²) in [6.07, 6.45) is 1.23. The van der Waals surface area contributed by atoms with Crippen LogP contribution in [0, 0.1) is 5.92 Å². The monoisotopic (exact) mass is 265 g/mol. The maximum absolute atomic E-state index is 11.6. The van der Waals surface area contributed by atoms with Gasteiger partial charge in [-0.2, -0.15) is 4.98 Å². The molecule has 2 aromatic heterocycles. The summed E-state index contributed by atoms with van der Waals surface area (Å²) in [5.41, 5.74) is 5.82. The number of hydrogen-bond donors (Lipinski definition) is 4. The van der Waals surface area contributed by atoms with Gasteiger partial charge in [-0.15, -0.1) is 0 Å². The van der Waals surface area contributed by atoms with Crippen LogP contribution in [-0.4, -0.2) is 41.9 Å². The van der Waals surface area contributed by atoms with E-state index in [4.69, 9.17) is 5.73 Å². The minimum Gasteiger partial charge on any atom is -0.390 e. The zero-order valence-corrected chi connectivity index (χ0v) is 10.2. The molecule has 1 saturated carbocycles. The Hall–Kier alpha value is -1.93. The number of aliphatic hydroxyl groups is 2. The van der Waals surface area contributed by atoms with Crippen molar-refractivity contribution in [2.75, 3.05) is 5.73 Å². The zero-order chi connectivity index (χ0) is 13.6. The highest BCUT2D eigenvalue weighted by molar-refractivity contribution is 5.70. The Labute approximate surface area is 107 Å². The standard InChI is InChI=1S/C11H15N5O3/c12-11-14-9-8(10(19)15-11)13-4-16(9)3-5-1-6(17)7(18)2-5/h4-7,17-18H,1-3H2,(H3,12,14,15,19)/t5?,6-,7+. The highest BCUT2D eigenvalue weighted by atomic mass is 16.3. The second-order valence-corrected chi connectivity index (χ2v) is 4.99. The summed E-state index contributed by atoms with van der Waals surface area (Å²) in [5.74, 6) is 0.176. The molecule has 2 heterocycles. The molecule has 2 aromatic rings. The van der Waals surface area contributed by atoms with Crippen molar-refractivity contribution in [1.82, 2.24) is 19.5 Å². The van der Waals surface area contributed by atoms with Crippen molar-refractivity contribution in [1.29, 1.82) is 0 Å².